The third-order valence-electron chi connectivity index (χ3n) is 3.70. The van der Waals surface area contributed by atoms with E-state index in [-0.39, 0.29) is 11.4 Å². The van der Waals surface area contributed by atoms with E-state index in [1.165, 1.54) is 0 Å². The molecule has 0 atom stereocenters. The largest absolute Gasteiger partial charge is 0.481 e. The van der Waals surface area contributed by atoms with E-state index in [1.807, 2.05) is 0 Å². The van der Waals surface area contributed by atoms with Crippen molar-refractivity contribution >= 4 is 5.97 Å². The lowest BCUT2D eigenvalue weighted by Gasteiger charge is -2.67. The molecule has 0 unspecified atom stereocenters. The van der Waals surface area contributed by atoms with Crippen molar-refractivity contribution in [2.24, 2.45) is 10.8 Å². The van der Waals surface area contributed by atoms with Crippen LogP contribution in [0.4, 0.5) is 4.39 Å². The van der Waals surface area contributed by atoms with Crippen molar-refractivity contribution in [1.29, 1.82) is 0 Å². The summed E-state index contributed by atoms with van der Waals surface area (Å²) in [5.74, 6) is -1.22. The van der Waals surface area contributed by atoms with E-state index < -0.39 is 17.2 Å². The van der Waals surface area contributed by atoms with Gasteiger partial charge >= 0.3 is 12.0 Å². The van der Waals surface area contributed by atoms with Gasteiger partial charge in [-0.1, -0.05) is 0 Å². The monoisotopic (exact) mass is 238 g/mol. The zero-order valence-corrected chi connectivity index (χ0v) is 9.02. The molecule has 6 heteroatoms. The van der Waals surface area contributed by atoms with Crippen LogP contribution in [0.2, 0.25) is 0 Å². The van der Waals surface area contributed by atoms with Crippen molar-refractivity contribution in [2.45, 2.75) is 19.3 Å². The lowest BCUT2D eigenvalue weighted by Crippen LogP contribution is -2.67. The Labute approximate surface area is 96.6 Å². The summed E-state index contributed by atoms with van der Waals surface area (Å²) in [5, 5.41) is 8.95. The summed E-state index contributed by atoms with van der Waals surface area (Å²) in [7, 11) is 0. The highest BCUT2D eigenvalue weighted by Gasteiger charge is 2.72. The van der Waals surface area contributed by atoms with Crippen molar-refractivity contribution in [3.8, 4) is 6.01 Å². The first-order chi connectivity index (χ1) is 8.04. The molecule has 1 aromatic rings. The molecule has 1 aromatic heterocycles. The number of hydrogen-bond donors (Lipinski definition) is 1. The molecular weight excluding hydrogens is 227 g/mol. The molecule has 2 bridgehead atoms. The predicted octanol–water partition coefficient (Wildman–Crippen LogP) is 1.25. The number of hydrogen-bond acceptors (Lipinski definition) is 4. The van der Waals surface area contributed by atoms with Gasteiger partial charge in [0.25, 0.3) is 0 Å². The Bertz CT molecular complexity index is 454. The van der Waals surface area contributed by atoms with E-state index in [0.29, 0.717) is 25.9 Å². The number of aromatic nitrogens is 2. The number of aliphatic carboxylic acids is 1. The molecule has 90 valence electrons. The van der Waals surface area contributed by atoms with Gasteiger partial charge in [0.15, 0.2) is 5.82 Å². The highest BCUT2D eigenvalue weighted by atomic mass is 19.1. The van der Waals surface area contributed by atoms with Crippen LogP contribution in [0.5, 0.6) is 6.01 Å². The SMILES string of the molecule is O=C(O)C12CC(COc3ncc(F)cn3)(C1)C2. The summed E-state index contributed by atoms with van der Waals surface area (Å²) in [5.41, 5.74) is -0.511. The Morgan fingerprint density at radius 3 is 2.53 bits per heavy atom. The molecule has 0 radical (unpaired) electrons. The van der Waals surface area contributed by atoms with Crippen LogP contribution in [0, 0.1) is 16.6 Å². The van der Waals surface area contributed by atoms with E-state index >= 15 is 0 Å². The third-order valence-corrected chi connectivity index (χ3v) is 3.70. The number of carbonyl (C=O) groups is 1. The van der Waals surface area contributed by atoms with Gasteiger partial charge in [-0.3, -0.25) is 4.79 Å². The van der Waals surface area contributed by atoms with E-state index in [0.717, 1.165) is 12.4 Å². The van der Waals surface area contributed by atoms with Crippen LogP contribution < -0.4 is 4.74 Å². The Hall–Kier alpha value is -1.72. The standard InChI is InChI=1S/C11H11FN2O3/c12-7-1-13-9(14-2-7)17-6-10-3-11(4-10,5-10)8(15)16/h1-2H,3-6H2,(H,15,16). The smallest absolute Gasteiger partial charge is 0.316 e. The average molecular weight is 238 g/mol. The first kappa shape index (κ1) is 10.4. The minimum Gasteiger partial charge on any atom is -0.481 e. The van der Waals surface area contributed by atoms with Crippen LogP contribution in [-0.4, -0.2) is 27.7 Å². The number of rotatable bonds is 4. The quantitative estimate of drug-likeness (QED) is 0.854. The van der Waals surface area contributed by atoms with E-state index in [4.69, 9.17) is 9.84 Å². The Kier molecular flexibility index (Phi) is 1.93. The molecule has 1 N–H and O–H groups in total. The zero-order valence-electron chi connectivity index (χ0n) is 9.02. The van der Waals surface area contributed by atoms with Crippen molar-refractivity contribution < 1.29 is 19.0 Å². The van der Waals surface area contributed by atoms with Gasteiger partial charge in [0.05, 0.1) is 24.4 Å². The van der Waals surface area contributed by atoms with E-state index in [1.54, 1.807) is 0 Å². The molecule has 3 fully saturated rings. The molecule has 0 aromatic carbocycles. The van der Waals surface area contributed by atoms with Crippen LogP contribution >= 0.6 is 0 Å². The second kappa shape index (κ2) is 3.15. The number of nitrogens with zero attached hydrogens (tertiary/aromatic N) is 2. The first-order valence-corrected chi connectivity index (χ1v) is 5.38. The van der Waals surface area contributed by atoms with E-state index in [2.05, 4.69) is 9.97 Å². The summed E-state index contributed by atoms with van der Waals surface area (Å²) < 4.78 is 17.9. The van der Waals surface area contributed by atoms with Crippen molar-refractivity contribution in [2.75, 3.05) is 6.61 Å². The van der Waals surface area contributed by atoms with Gasteiger partial charge in [-0.05, 0) is 19.3 Å². The molecule has 3 saturated carbocycles. The molecule has 4 rings (SSSR count). The van der Waals surface area contributed by atoms with Gasteiger partial charge in [-0.25, -0.2) is 14.4 Å². The number of halogens is 1. The second-order valence-corrected chi connectivity index (χ2v) is 5.09. The summed E-state index contributed by atoms with van der Waals surface area (Å²) >= 11 is 0. The van der Waals surface area contributed by atoms with E-state index in [9.17, 15) is 9.18 Å². The molecule has 0 saturated heterocycles. The average Bonchev–Trinajstić information content (AvgIpc) is 2.16. The molecule has 3 aliphatic rings. The summed E-state index contributed by atoms with van der Waals surface area (Å²) in [6.45, 7) is 0.410. The molecule has 1 heterocycles. The lowest BCUT2D eigenvalue weighted by molar-refractivity contribution is -0.231. The highest BCUT2D eigenvalue weighted by molar-refractivity contribution is 5.79. The maximum Gasteiger partial charge on any atom is 0.316 e. The van der Waals surface area contributed by atoms with Crippen molar-refractivity contribution in [3.63, 3.8) is 0 Å². The minimum absolute atomic E-state index is 0.0177. The van der Waals surface area contributed by atoms with Gasteiger partial charge in [0, 0.05) is 5.41 Å². The van der Waals surface area contributed by atoms with Crippen LogP contribution in [-0.2, 0) is 4.79 Å². The van der Waals surface area contributed by atoms with Gasteiger partial charge in [-0.2, -0.15) is 0 Å². The van der Waals surface area contributed by atoms with Crippen LogP contribution in [0.15, 0.2) is 12.4 Å². The summed E-state index contributed by atoms with van der Waals surface area (Å²) in [6, 6.07) is 0.139. The van der Waals surface area contributed by atoms with Gasteiger partial charge in [-0.15, -0.1) is 0 Å². The fourth-order valence-corrected chi connectivity index (χ4v) is 2.97. The van der Waals surface area contributed by atoms with Crippen LogP contribution in [0.3, 0.4) is 0 Å². The number of ether oxygens (including phenoxy) is 1. The molecule has 17 heavy (non-hydrogen) atoms. The predicted molar refractivity (Wildman–Crippen MR) is 53.8 cm³/mol. The molecule has 0 amide bonds. The minimum atomic E-state index is -0.711. The van der Waals surface area contributed by atoms with Crippen LogP contribution in [0.1, 0.15) is 19.3 Å². The highest BCUT2D eigenvalue weighted by Crippen LogP contribution is 2.73. The molecule has 5 nitrogen and oxygen atoms in total. The Morgan fingerprint density at radius 2 is 2.00 bits per heavy atom. The van der Waals surface area contributed by atoms with Gasteiger partial charge < -0.3 is 9.84 Å². The lowest BCUT2D eigenvalue weighted by atomic mass is 9.35. The zero-order chi connectivity index (χ0) is 12.1. The number of carboxylic acid groups (broad SMARTS) is 1. The number of carboxylic acids is 1. The molecular formula is C11H11FN2O3. The van der Waals surface area contributed by atoms with Crippen molar-refractivity contribution in [3.05, 3.63) is 18.2 Å². The Morgan fingerprint density at radius 1 is 1.41 bits per heavy atom. The van der Waals surface area contributed by atoms with Crippen molar-refractivity contribution in [1.82, 2.24) is 9.97 Å². The van der Waals surface area contributed by atoms with Gasteiger partial charge in [0.2, 0.25) is 0 Å². The Balaban J connectivity index is 1.55. The maximum atomic E-state index is 12.5. The molecule has 0 spiro atoms. The fraction of sp³-hybridized carbons (Fsp3) is 0.545. The molecule has 3 aliphatic carbocycles. The summed E-state index contributed by atoms with van der Waals surface area (Å²) in [4.78, 5) is 18.3. The summed E-state index contributed by atoms with van der Waals surface area (Å²) in [6.07, 6.45) is 4.08. The normalized spacial score (nSPS) is 33.5. The third kappa shape index (κ3) is 1.47. The van der Waals surface area contributed by atoms with Gasteiger partial charge in [0.1, 0.15) is 0 Å². The van der Waals surface area contributed by atoms with Crippen LogP contribution in [0.25, 0.3) is 0 Å². The first-order valence-electron chi connectivity index (χ1n) is 5.38. The fourth-order valence-electron chi connectivity index (χ4n) is 2.97. The topological polar surface area (TPSA) is 72.3 Å². The maximum absolute atomic E-state index is 12.5. The molecule has 0 aliphatic heterocycles. The second-order valence-electron chi connectivity index (χ2n) is 5.09.